The van der Waals surface area contributed by atoms with Crippen molar-refractivity contribution in [2.75, 3.05) is 0 Å². The molecule has 1 rings (SSSR count). The Bertz CT molecular complexity index is 394. The molecule has 0 bridgehead atoms. The van der Waals surface area contributed by atoms with E-state index in [-0.39, 0.29) is 5.41 Å². The highest BCUT2D eigenvalue weighted by atomic mass is 16.1. The molecular formula is C14H19NO. The highest BCUT2D eigenvalue weighted by molar-refractivity contribution is 5.44. The Morgan fingerprint density at radius 3 is 2.12 bits per heavy atom. The van der Waals surface area contributed by atoms with Crippen molar-refractivity contribution in [3.05, 3.63) is 34.9 Å². The maximum absolute atomic E-state index is 8.81. The first-order chi connectivity index (χ1) is 7.35. The Hall–Kier alpha value is -1.62. The molecule has 0 unspecified atom stereocenters. The molecule has 2 heteroatoms. The van der Waals surface area contributed by atoms with Gasteiger partial charge in [-0.2, -0.15) is 5.26 Å². The first-order valence-corrected chi connectivity index (χ1v) is 5.27. The van der Waals surface area contributed by atoms with Gasteiger partial charge < -0.3 is 4.79 Å². The molecule has 1 aromatic rings. The third-order valence-corrected chi connectivity index (χ3v) is 2.07. The number of nitriles is 1. The average Bonchev–Trinajstić information content (AvgIpc) is 2.16. The first-order valence-electron chi connectivity index (χ1n) is 5.27. The summed E-state index contributed by atoms with van der Waals surface area (Å²) in [6.45, 7) is 9.94. The standard InChI is InChI=1S/C12H15N.C2H4O/c1-9-5-10(8-13)7-11(6-9)12(2,3)4;1-2-3/h5-7H,1-4H3;2H,1H3. The van der Waals surface area contributed by atoms with Gasteiger partial charge in [-0.25, -0.2) is 0 Å². The van der Waals surface area contributed by atoms with E-state index in [0.717, 1.165) is 17.4 Å². The average molecular weight is 217 g/mol. The molecule has 2 nitrogen and oxygen atoms in total. The molecule has 0 atom stereocenters. The van der Waals surface area contributed by atoms with Crippen LogP contribution in [0.1, 0.15) is 44.4 Å². The summed E-state index contributed by atoms with van der Waals surface area (Å²) < 4.78 is 0. The van der Waals surface area contributed by atoms with E-state index < -0.39 is 0 Å². The van der Waals surface area contributed by atoms with Gasteiger partial charge in [0.25, 0.3) is 0 Å². The number of benzene rings is 1. The van der Waals surface area contributed by atoms with Gasteiger partial charge in [0.1, 0.15) is 6.29 Å². The molecule has 0 aliphatic heterocycles. The van der Waals surface area contributed by atoms with Crippen LogP contribution < -0.4 is 0 Å². The van der Waals surface area contributed by atoms with Gasteiger partial charge in [-0.3, -0.25) is 0 Å². The second-order valence-electron chi connectivity index (χ2n) is 4.69. The molecule has 0 amide bonds. The summed E-state index contributed by atoms with van der Waals surface area (Å²) in [5.74, 6) is 0. The maximum Gasteiger partial charge on any atom is 0.116 e. The highest BCUT2D eigenvalue weighted by Crippen LogP contribution is 2.23. The number of carbonyl (C=O) groups is 1. The summed E-state index contributed by atoms with van der Waals surface area (Å²) >= 11 is 0. The minimum Gasteiger partial charge on any atom is -0.304 e. The predicted molar refractivity (Wildman–Crippen MR) is 66.3 cm³/mol. The Morgan fingerprint density at radius 2 is 1.75 bits per heavy atom. The van der Waals surface area contributed by atoms with Crippen molar-refractivity contribution in [3.63, 3.8) is 0 Å². The fraction of sp³-hybridized carbons (Fsp3) is 0.429. The summed E-state index contributed by atoms with van der Waals surface area (Å²) in [5, 5.41) is 8.80. The zero-order chi connectivity index (χ0) is 12.8. The van der Waals surface area contributed by atoms with Crippen molar-refractivity contribution in [3.8, 4) is 6.07 Å². The molecule has 0 aromatic heterocycles. The lowest BCUT2D eigenvalue weighted by Crippen LogP contribution is -2.11. The normalized spacial score (nSPS) is 9.75. The van der Waals surface area contributed by atoms with Crippen LogP contribution in [0.4, 0.5) is 0 Å². The monoisotopic (exact) mass is 217 g/mol. The molecule has 0 heterocycles. The molecule has 0 saturated heterocycles. The topological polar surface area (TPSA) is 40.9 Å². The van der Waals surface area contributed by atoms with Crippen LogP contribution in [0.25, 0.3) is 0 Å². The van der Waals surface area contributed by atoms with Crippen molar-refractivity contribution in [1.29, 1.82) is 5.26 Å². The van der Waals surface area contributed by atoms with Crippen LogP contribution in [-0.4, -0.2) is 6.29 Å². The third-order valence-electron chi connectivity index (χ3n) is 2.07. The van der Waals surface area contributed by atoms with E-state index in [0.29, 0.717) is 0 Å². The molecule has 0 fully saturated rings. The van der Waals surface area contributed by atoms with Gasteiger partial charge in [-0.15, -0.1) is 0 Å². The smallest absolute Gasteiger partial charge is 0.116 e. The van der Waals surface area contributed by atoms with Crippen molar-refractivity contribution in [2.45, 2.75) is 40.0 Å². The molecular weight excluding hydrogens is 198 g/mol. The van der Waals surface area contributed by atoms with Crippen LogP contribution in [0.15, 0.2) is 18.2 Å². The summed E-state index contributed by atoms with van der Waals surface area (Å²) in [4.78, 5) is 8.81. The van der Waals surface area contributed by atoms with Crippen LogP contribution in [0.5, 0.6) is 0 Å². The number of aldehydes is 1. The molecule has 0 aliphatic carbocycles. The van der Waals surface area contributed by atoms with E-state index in [2.05, 4.69) is 32.9 Å². The summed E-state index contributed by atoms with van der Waals surface area (Å²) in [7, 11) is 0. The number of aryl methyl sites for hydroxylation is 1. The van der Waals surface area contributed by atoms with Crippen LogP contribution in [0, 0.1) is 18.3 Å². The fourth-order valence-electron chi connectivity index (χ4n) is 1.28. The van der Waals surface area contributed by atoms with E-state index in [1.54, 1.807) is 0 Å². The zero-order valence-electron chi connectivity index (χ0n) is 10.7. The quantitative estimate of drug-likeness (QED) is 0.625. The largest absolute Gasteiger partial charge is 0.304 e. The lowest BCUT2D eigenvalue weighted by Gasteiger charge is -2.19. The van der Waals surface area contributed by atoms with Crippen LogP contribution in [-0.2, 0) is 10.2 Å². The van der Waals surface area contributed by atoms with Gasteiger partial charge in [0.2, 0.25) is 0 Å². The van der Waals surface area contributed by atoms with Crippen molar-refractivity contribution in [2.24, 2.45) is 0 Å². The molecule has 1 aromatic carbocycles. The van der Waals surface area contributed by atoms with Crippen LogP contribution >= 0.6 is 0 Å². The van der Waals surface area contributed by atoms with E-state index in [4.69, 9.17) is 10.1 Å². The molecule has 86 valence electrons. The Labute approximate surface area is 97.9 Å². The Morgan fingerprint density at radius 1 is 1.25 bits per heavy atom. The van der Waals surface area contributed by atoms with Crippen LogP contribution in [0.3, 0.4) is 0 Å². The number of hydrogen-bond acceptors (Lipinski definition) is 2. The number of rotatable bonds is 0. The lowest BCUT2D eigenvalue weighted by molar-refractivity contribution is -0.106. The molecule has 0 spiro atoms. The van der Waals surface area contributed by atoms with E-state index in [9.17, 15) is 0 Å². The van der Waals surface area contributed by atoms with Gasteiger partial charge in [0, 0.05) is 0 Å². The lowest BCUT2D eigenvalue weighted by atomic mass is 9.85. The van der Waals surface area contributed by atoms with E-state index >= 15 is 0 Å². The number of nitrogens with zero attached hydrogens (tertiary/aromatic N) is 1. The Balaban J connectivity index is 0.000000673. The second kappa shape index (κ2) is 6.07. The predicted octanol–water partition coefficient (Wildman–Crippen LogP) is 3.37. The molecule has 0 radical (unpaired) electrons. The fourth-order valence-corrected chi connectivity index (χ4v) is 1.28. The third kappa shape index (κ3) is 4.75. The maximum atomic E-state index is 8.81. The molecule has 0 N–H and O–H groups in total. The SMILES string of the molecule is CC=O.Cc1cc(C#N)cc(C(C)(C)C)c1. The van der Waals surface area contributed by atoms with E-state index in [1.807, 2.05) is 19.1 Å². The molecule has 0 saturated carbocycles. The van der Waals surface area contributed by atoms with Gasteiger partial charge >= 0.3 is 0 Å². The van der Waals surface area contributed by atoms with Crippen molar-refractivity contribution in [1.82, 2.24) is 0 Å². The summed E-state index contributed by atoms with van der Waals surface area (Å²) in [5.41, 5.74) is 3.26. The van der Waals surface area contributed by atoms with Crippen molar-refractivity contribution < 1.29 is 4.79 Å². The summed E-state index contributed by atoms with van der Waals surface area (Å²) in [6.07, 6.45) is 0.750. The van der Waals surface area contributed by atoms with Gasteiger partial charge in [0.15, 0.2) is 0 Å². The number of hydrogen-bond donors (Lipinski definition) is 0. The molecule has 16 heavy (non-hydrogen) atoms. The first kappa shape index (κ1) is 14.4. The minimum absolute atomic E-state index is 0.123. The Kier molecular flexibility index (Phi) is 5.46. The molecule has 0 aliphatic rings. The van der Waals surface area contributed by atoms with Crippen LogP contribution in [0.2, 0.25) is 0 Å². The summed E-state index contributed by atoms with van der Waals surface area (Å²) in [6, 6.07) is 8.20. The zero-order valence-corrected chi connectivity index (χ0v) is 10.7. The van der Waals surface area contributed by atoms with Gasteiger partial charge in [-0.1, -0.05) is 26.8 Å². The van der Waals surface area contributed by atoms with Gasteiger partial charge in [-0.05, 0) is 42.5 Å². The number of carbonyl (C=O) groups excluding carboxylic acids is 1. The second-order valence-corrected chi connectivity index (χ2v) is 4.69. The minimum atomic E-state index is 0.123. The van der Waals surface area contributed by atoms with Crippen molar-refractivity contribution >= 4 is 6.29 Å². The highest BCUT2D eigenvalue weighted by Gasteiger charge is 2.14. The van der Waals surface area contributed by atoms with Gasteiger partial charge in [0.05, 0.1) is 11.6 Å². The van der Waals surface area contributed by atoms with E-state index in [1.165, 1.54) is 12.5 Å².